The zero-order valence-corrected chi connectivity index (χ0v) is 31.3. The molecule has 0 bridgehead atoms. The summed E-state index contributed by atoms with van der Waals surface area (Å²) in [5.74, 6) is -1.16. The molecule has 0 saturated heterocycles. The SMILES string of the molecule is CCCCC/C=C/C/C=C/CCCCCCCC(=O)OC[C@H](COP(=O)(O)O)OC(=O)/C=C/C=C/CCCCCCCCCCCCC. The summed E-state index contributed by atoms with van der Waals surface area (Å²) in [5.41, 5.74) is 0. The second-order valence-corrected chi connectivity index (χ2v) is 13.9. The normalized spacial score (nSPS) is 13.0. The summed E-state index contributed by atoms with van der Waals surface area (Å²) in [6.45, 7) is 3.54. The van der Waals surface area contributed by atoms with Gasteiger partial charge in [0.25, 0.3) is 0 Å². The number of esters is 2. The van der Waals surface area contributed by atoms with E-state index in [0.29, 0.717) is 6.42 Å². The van der Waals surface area contributed by atoms with Crippen LogP contribution in [0.3, 0.4) is 0 Å². The number of hydrogen-bond donors (Lipinski definition) is 2. The van der Waals surface area contributed by atoms with E-state index < -0.39 is 32.5 Å². The molecule has 0 aliphatic carbocycles. The summed E-state index contributed by atoms with van der Waals surface area (Å²) in [6.07, 6.45) is 41.7. The van der Waals surface area contributed by atoms with Crippen molar-refractivity contribution in [3.63, 3.8) is 0 Å². The van der Waals surface area contributed by atoms with Crippen molar-refractivity contribution in [2.75, 3.05) is 13.2 Å². The highest BCUT2D eigenvalue weighted by atomic mass is 31.2. The Morgan fingerprint density at radius 1 is 0.604 bits per heavy atom. The molecule has 9 heteroatoms. The summed E-state index contributed by atoms with van der Waals surface area (Å²) in [5, 5.41) is 0. The van der Waals surface area contributed by atoms with Gasteiger partial charge in [0.15, 0.2) is 6.10 Å². The van der Waals surface area contributed by atoms with Crippen LogP contribution in [0.2, 0.25) is 0 Å². The fourth-order valence-electron chi connectivity index (χ4n) is 5.07. The predicted octanol–water partition coefficient (Wildman–Crippen LogP) is 11.2. The molecule has 0 radical (unpaired) electrons. The molecule has 0 aliphatic heterocycles. The van der Waals surface area contributed by atoms with Crippen LogP contribution in [-0.4, -0.2) is 41.0 Å². The Hall–Kier alpha value is -1.99. The van der Waals surface area contributed by atoms with Gasteiger partial charge < -0.3 is 19.3 Å². The summed E-state index contributed by atoms with van der Waals surface area (Å²) >= 11 is 0. The van der Waals surface area contributed by atoms with Gasteiger partial charge in [-0.05, 0) is 51.4 Å². The Morgan fingerprint density at radius 2 is 1.08 bits per heavy atom. The molecule has 0 fully saturated rings. The molecule has 0 heterocycles. The third kappa shape index (κ3) is 36.8. The van der Waals surface area contributed by atoms with Gasteiger partial charge in [-0.25, -0.2) is 9.36 Å². The molecule has 1 atom stereocenters. The zero-order chi connectivity index (χ0) is 35.4. The van der Waals surface area contributed by atoms with Crippen molar-refractivity contribution in [2.24, 2.45) is 0 Å². The largest absolute Gasteiger partial charge is 0.469 e. The highest BCUT2D eigenvalue weighted by molar-refractivity contribution is 7.46. The first-order chi connectivity index (χ1) is 23.3. The number of rotatable bonds is 34. The van der Waals surface area contributed by atoms with Crippen LogP contribution in [0.15, 0.2) is 48.6 Å². The fourth-order valence-corrected chi connectivity index (χ4v) is 5.43. The van der Waals surface area contributed by atoms with Gasteiger partial charge >= 0.3 is 19.8 Å². The Kier molecular flexibility index (Phi) is 33.4. The maximum atomic E-state index is 12.2. The van der Waals surface area contributed by atoms with Crippen LogP contribution in [0.4, 0.5) is 0 Å². The van der Waals surface area contributed by atoms with Crippen molar-refractivity contribution in [1.82, 2.24) is 0 Å². The third-order valence-corrected chi connectivity index (χ3v) is 8.41. The van der Waals surface area contributed by atoms with Gasteiger partial charge in [-0.2, -0.15) is 0 Å². The first-order valence-corrected chi connectivity index (χ1v) is 20.5. The maximum absolute atomic E-state index is 12.2. The predicted molar refractivity (Wildman–Crippen MR) is 198 cm³/mol. The van der Waals surface area contributed by atoms with Crippen LogP contribution in [0.5, 0.6) is 0 Å². The summed E-state index contributed by atoms with van der Waals surface area (Å²) in [4.78, 5) is 42.5. The average molecular weight is 697 g/mol. The number of hydrogen-bond acceptors (Lipinski definition) is 6. The van der Waals surface area contributed by atoms with Crippen LogP contribution in [-0.2, 0) is 28.2 Å². The van der Waals surface area contributed by atoms with Crippen molar-refractivity contribution >= 4 is 19.8 Å². The molecule has 48 heavy (non-hydrogen) atoms. The lowest BCUT2D eigenvalue weighted by Crippen LogP contribution is -2.29. The Labute approximate surface area is 293 Å². The summed E-state index contributed by atoms with van der Waals surface area (Å²) in [6, 6.07) is 0. The molecule has 0 spiro atoms. The number of phosphoric ester groups is 1. The van der Waals surface area contributed by atoms with E-state index in [1.165, 1.54) is 96.0 Å². The van der Waals surface area contributed by atoms with Crippen molar-refractivity contribution in [2.45, 2.75) is 174 Å². The number of phosphoric acid groups is 1. The van der Waals surface area contributed by atoms with Crippen LogP contribution in [0, 0.1) is 0 Å². The summed E-state index contributed by atoms with van der Waals surface area (Å²) in [7, 11) is -4.78. The Balaban J connectivity index is 4.10. The summed E-state index contributed by atoms with van der Waals surface area (Å²) < 4.78 is 26.1. The first kappa shape index (κ1) is 46.0. The molecule has 278 valence electrons. The monoisotopic (exact) mass is 696 g/mol. The highest BCUT2D eigenvalue weighted by Crippen LogP contribution is 2.35. The van der Waals surface area contributed by atoms with Crippen molar-refractivity contribution in [1.29, 1.82) is 0 Å². The molecule has 8 nitrogen and oxygen atoms in total. The second-order valence-electron chi connectivity index (χ2n) is 12.6. The van der Waals surface area contributed by atoms with E-state index in [4.69, 9.17) is 19.3 Å². The standard InChI is InChI=1S/C39H69O8P/c1-3-5-7-9-11-13-15-17-19-21-23-25-27-29-31-33-38(40)45-35-37(36-46-48(42,43)44)47-39(41)34-32-30-28-26-24-22-20-18-16-14-12-10-8-6-4-2/h11,13,17,19,28,30,32,34,37H,3-10,12,14-16,18,20-27,29,31,33,35-36H2,1-2H3,(H2,42,43,44)/b13-11+,19-17+,30-28+,34-32+/t37-/m1/s1. The van der Waals surface area contributed by atoms with E-state index in [1.807, 2.05) is 6.08 Å². The molecule has 0 unspecified atom stereocenters. The molecule has 0 aromatic heterocycles. The van der Waals surface area contributed by atoms with E-state index in [0.717, 1.165) is 51.4 Å². The van der Waals surface area contributed by atoms with Gasteiger partial charge in [0.2, 0.25) is 0 Å². The number of carbonyl (C=O) groups excluding carboxylic acids is 2. The van der Waals surface area contributed by atoms with Gasteiger partial charge in [-0.1, -0.05) is 153 Å². The van der Waals surface area contributed by atoms with Crippen LogP contribution < -0.4 is 0 Å². The van der Waals surface area contributed by atoms with Crippen LogP contribution in [0.1, 0.15) is 168 Å². The fraction of sp³-hybridized carbons (Fsp3) is 0.744. The van der Waals surface area contributed by atoms with Crippen LogP contribution >= 0.6 is 7.82 Å². The van der Waals surface area contributed by atoms with E-state index in [-0.39, 0.29) is 13.0 Å². The van der Waals surface area contributed by atoms with Gasteiger partial charge in [0.05, 0.1) is 6.61 Å². The van der Waals surface area contributed by atoms with Gasteiger partial charge in [0, 0.05) is 12.5 Å². The highest BCUT2D eigenvalue weighted by Gasteiger charge is 2.22. The molecule has 2 N–H and O–H groups in total. The number of carbonyl (C=O) groups is 2. The molecule has 0 aromatic rings. The molecule has 0 aromatic carbocycles. The maximum Gasteiger partial charge on any atom is 0.469 e. The zero-order valence-electron chi connectivity index (χ0n) is 30.4. The Bertz CT molecular complexity index is 921. The van der Waals surface area contributed by atoms with E-state index in [2.05, 4.69) is 42.7 Å². The number of allylic oxidation sites excluding steroid dienone is 7. The van der Waals surface area contributed by atoms with Gasteiger partial charge in [0.1, 0.15) is 6.61 Å². The average Bonchev–Trinajstić information content (AvgIpc) is 3.05. The van der Waals surface area contributed by atoms with Crippen molar-refractivity contribution in [3.8, 4) is 0 Å². The number of unbranched alkanes of at least 4 members (excludes halogenated alkanes) is 19. The lowest BCUT2D eigenvalue weighted by molar-refractivity contribution is -0.157. The smallest absolute Gasteiger partial charge is 0.462 e. The number of ether oxygens (including phenoxy) is 2. The molecule has 0 amide bonds. The lowest BCUT2D eigenvalue weighted by Gasteiger charge is -2.17. The molecule has 0 rings (SSSR count). The van der Waals surface area contributed by atoms with Crippen LogP contribution in [0.25, 0.3) is 0 Å². The molecule has 0 aliphatic rings. The van der Waals surface area contributed by atoms with E-state index >= 15 is 0 Å². The third-order valence-electron chi connectivity index (χ3n) is 7.93. The minimum atomic E-state index is -4.78. The quantitative estimate of drug-likeness (QED) is 0.0170. The minimum absolute atomic E-state index is 0.230. The minimum Gasteiger partial charge on any atom is -0.462 e. The first-order valence-electron chi connectivity index (χ1n) is 19.0. The lowest BCUT2D eigenvalue weighted by atomic mass is 10.1. The molecule has 0 saturated carbocycles. The van der Waals surface area contributed by atoms with E-state index in [1.54, 1.807) is 12.2 Å². The van der Waals surface area contributed by atoms with Crippen molar-refractivity contribution < 1.29 is 37.9 Å². The second kappa shape index (κ2) is 34.9. The molecular formula is C39H69O8P. The van der Waals surface area contributed by atoms with Crippen molar-refractivity contribution in [3.05, 3.63) is 48.6 Å². The van der Waals surface area contributed by atoms with Gasteiger partial charge in [-0.3, -0.25) is 9.32 Å². The topological polar surface area (TPSA) is 119 Å². The van der Waals surface area contributed by atoms with Gasteiger partial charge in [-0.15, -0.1) is 0 Å². The van der Waals surface area contributed by atoms with E-state index in [9.17, 15) is 14.2 Å². The molecular weight excluding hydrogens is 627 g/mol. The Morgan fingerprint density at radius 3 is 1.65 bits per heavy atom.